The van der Waals surface area contributed by atoms with Gasteiger partial charge in [0.2, 0.25) is 5.91 Å². The molecule has 8 nitrogen and oxygen atoms in total. The number of aromatic nitrogens is 4. The van der Waals surface area contributed by atoms with E-state index in [4.69, 9.17) is 4.98 Å². The molecule has 3 aromatic heterocycles. The summed E-state index contributed by atoms with van der Waals surface area (Å²) >= 11 is 0. The second-order valence-electron chi connectivity index (χ2n) is 11.5. The highest BCUT2D eigenvalue weighted by atomic mass is 16.1. The number of amides is 1. The molecule has 0 saturated carbocycles. The Bertz CT molecular complexity index is 1810. The van der Waals surface area contributed by atoms with E-state index in [0.717, 1.165) is 87.5 Å². The highest BCUT2D eigenvalue weighted by molar-refractivity contribution is 6.07. The van der Waals surface area contributed by atoms with Crippen molar-refractivity contribution in [1.29, 1.82) is 0 Å². The molecule has 1 fully saturated rings. The van der Waals surface area contributed by atoms with E-state index in [1.807, 2.05) is 36.1 Å². The van der Waals surface area contributed by atoms with Gasteiger partial charge >= 0.3 is 0 Å². The van der Waals surface area contributed by atoms with Gasteiger partial charge < -0.3 is 20.1 Å². The maximum atomic E-state index is 12.3. The Morgan fingerprint density at radius 3 is 2.56 bits per heavy atom. The first-order valence-corrected chi connectivity index (χ1v) is 14.9. The van der Waals surface area contributed by atoms with E-state index in [1.165, 1.54) is 11.8 Å². The van der Waals surface area contributed by atoms with Crippen molar-refractivity contribution in [3.63, 3.8) is 0 Å². The van der Waals surface area contributed by atoms with Crippen LogP contribution in [0.5, 0.6) is 0 Å². The van der Waals surface area contributed by atoms with Crippen molar-refractivity contribution in [3.05, 3.63) is 84.8 Å². The van der Waals surface area contributed by atoms with E-state index in [2.05, 4.69) is 96.1 Å². The number of aryl methyl sites for hydroxylation is 3. The zero-order valence-electron chi connectivity index (χ0n) is 25.6. The molecule has 1 atom stereocenters. The number of hydrogen-bond donors (Lipinski definition) is 2. The van der Waals surface area contributed by atoms with Crippen molar-refractivity contribution in [3.8, 4) is 33.5 Å². The van der Waals surface area contributed by atoms with Gasteiger partial charge in [0.05, 0.1) is 11.9 Å². The maximum absolute atomic E-state index is 12.3. The number of hydrogen-bond acceptors (Lipinski definition) is 5. The number of H-pyrrole nitrogens is 1. The number of nitrogens with one attached hydrogen (secondary N) is 2. The van der Waals surface area contributed by atoms with Crippen LogP contribution in [-0.2, 0) is 11.3 Å². The Balaban J connectivity index is 1.51. The van der Waals surface area contributed by atoms with E-state index in [0.29, 0.717) is 6.04 Å². The van der Waals surface area contributed by atoms with Crippen LogP contribution in [-0.4, -0.2) is 63.3 Å². The van der Waals surface area contributed by atoms with Crippen LogP contribution in [0.15, 0.2) is 73.7 Å². The number of pyridine rings is 1. The number of benzene rings is 2. The lowest BCUT2D eigenvalue weighted by atomic mass is 9.93. The summed E-state index contributed by atoms with van der Waals surface area (Å²) in [6, 6.07) is 15.6. The number of aromatic amines is 1. The molecule has 8 heteroatoms. The number of nitrogens with zero attached hydrogens (tertiary/aromatic N) is 5. The van der Waals surface area contributed by atoms with Crippen LogP contribution >= 0.6 is 0 Å². The highest BCUT2D eigenvalue weighted by Gasteiger charge is 2.23. The van der Waals surface area contributed by atoms with Crippen LogP contribution in [0, 0.1) is 13.8 Å². The van der Waals surface area contributed by atoms with Crippen LogP contribution in [0.2, 0.25) is 0 Å². The van der Waals surface area contributed by atoms with E-state index < -0.39 is 0 Å². The molecule has 0 unspecified atom stereocenters. The molecule has 0 bridgehead atoms. The van der Waals surface area contributed by atoms with E-state index >= 15 is 0 Å². The molecule has 6 rings (SSSR count). The van der Waals surface area contributed by atoms with Crippen LogP contribution in [0.25, 0.3) is 44.5 Å². The minimum Gasteiger partial charge on any atom is -0.369 e. The molecule has 1 aliphatic rings. The zero-order valence-corrected chi connectivity index (χ0v) is 25.6. The Kier molecular flexibility index (Phi) is 7.62. The Morgan fingerprint density at radius 1 is 1.09 bits per heavy atom. The molecular weight excluding hydrogens is 534 g/mol. The fraction of sp³-hybridized carbons (Fsp3) is 0.286. The molecule has 0 radical (unpaired) electrons. The Morgan fingerprint density at radius 2 is 1.86 bits per heavy atom. The van der Waals surface area contributed by atoms with Gasteiger partial charge in [0.25, 0.3) is 0 Å². The molecule has 1 aliphatic heterocycles. The number of carbonyl (C=O) groups is 1. The van der Waals surface area contributed by atoms with Crippen molar-refractivity contribution < 1.29 is 4.79 Å². The third kappa shape index (κ3) is 5.34. The summed E-state index contributed by atoms with van der Waals surface area (Å²) in [5.41, 5.74) is 11.1. The first kappa shape index (κ1) is 28.4. The lowest BCUT2D eigenvalue weighted by Crippen LogP contribution is -2.50. The van der Waals surface area contributed by atoms with Crippen molar-refractivity contribution in [2.24, 2.45) is 0 Å². The van der Waals surface area contributed by atoms with Gasteiger partial charge in [-0.1, -0.05) is 30.8 Å². The lowest BCUT2D eigenvalue weighted by Gasteiger charge is -2.39. The largest absolute Gasteiger partial charge is 0.369 e. The van der Waals surface area contributed by atoms with E-state index in [-0.39, 0.29) is 5.91 Å². The van der Waals surface area contributed by atoms with Crippen molar-refractivity contribution in [1.82, 2.24) is 24.6 Å². The monoisotopic (exact) mass is 573 g/mol. The van der Waals surface area contributed by atoms with Gasteiger partial charge in [0, 0.05) is 78.1 Å². The topological polar surface area (TPSA) is 82.1 Å². The molecule has 4 heterocycles. The number of fused-ring (bicyclic) bond motifs is 1. The summed E-state index contributed by atoms with van der Waals surface area (Å²) in [4.78, 5) is 25.7. The Hall–Kier alpha value is -4.69. The predicted molar refractivity (Wildman–Crippen MR) is 176 cm³/mol. The van der Waals surface area contributed by atoms with Crippen molar-refractivity contribution in [2.45, 2.75) is 40.3 Å². The van der Waals surface area contributed by atoms with Gasteiger partial charge in [0.1, 0.15) is 5.65 Å². The molecule has 220 valence electrons. The Labute approximate surface area is 253 Å². The van der Waals surface area contributed by atoms with Gasteiger partial charge in [-0.05, 0) is 81.3 Å². The van der Waals surface area contributed by atoms with Gasteiger partial charge in [-0.2, -0.15) is 5.10 Å². The van der Waals surface area contributed by atoms with Crippen LogP contribution < -0.4 is 10.2 Å². The van der Waals surface area contributed by atoms with Gasteiger partial charge in [0.15, 0.2) is 0 Å². The summed E-state index contributed by atoms with van der Waals surface area (Å²) in [5, 5.41) is 8.54. The molecular formula is C35H39N7O. The second kappa shape index (κ2) is 11.5. The summed E-state index contributed by atoms with van der Waals surface area (Å²) in [5.74, 6) is -0.235. The third-order valence-corrected chi connectivity index (χ3v) is 8.80. The summed E-state index contributed by atoms with van der Waals surface area (Å²) < 4.78 is 1.93. The molecule has 2 N–H and O–H groups in total. The summed E-state index contributed by atoms with van der Waals surface area (Å²) in [6.07, 6.45) is 7.19. The standard InChI is InChI=1S/C35H39N7O/c1-7-31(43)38-30-17-26(10-9-22(30)3)33-32-24(5)29(27-18-37-42(8-2)21-27)19-36-35(32)39-34(33)25-11-13-28(14-12-25)41-16-15-40(6)23(4)20-41/h7,9-14,17-19,21,23H,1,8,15-16,20H2,2-6H3,(H,36,39)(H,38,43)/t23-/m0/s1. The number of anilines is 2. The van der Waals surface area contributed by atoms with Gasteiger partial charge in [-0.25, -0.2) is 4.98 Å². The summed E-state index contributed by atoms with van der Waals surface area (Å²) in [7, 11) is 2.19. The van der Waals surface area contributed by atoms with Crippen LogP contribution in [0.4, 0.5) is 11.4 Å². The smallest absolute Gasteiger partial charge is 0.247 e. The number of carbonyl (C=O) groups excluding carboxylic acids is 1. The second-order valence-corrected chi connectivity index (χ2v) is 11.5. The summed E-state index contributed by atoms with van der Waals surface area (Å²) in [6.45, 7) is 16.0. The predicted octanol–water partition coefficient (Wildman–Crippen LogP) is 6.66. The molecule has 1 saturated heterocycles. The number of rotatable bonds is 7. The normalized spacial score (nSPS) is 15.7. The van der Waals surface area contributed by atoms with Gasteiger partial charge in [-0.3, -0.25) is 9.48 Å². The fourth-order valence-electron chi connectivity index (χ4n) is 6.00. The SMILES string of the molecule is C=CC(=O)Nc1cc(-c2c(-c3ccc(N4CCN(C)[C@@H](C)C4)cc3)[nH]c3ncc(-c4cnn(CC)c4)c(C)c23)ccc1C. The average Bonchev–Trinajstić information content (AvgIpc) is 3.65. The maximum Gasteiger partial charge on any atom is 0.247 e. The quantitative estimate of drug-likeness (QED) is 0.213. The third-order valence-electron chi connectivity index (χ3n) is 8.80. The van der Waals surface area contributed by atoms with E-state index in [1.54, 1.807) is 0 Å². The minimum atomic E-state index is -0.235. The molecule has 1 amide bonds. The highest BCUT2D eigenvalue weighted by Crippen LogP contribution is 2.42. The minimum absolute atomic E-state index is 0.235. The van der Waals surface area contributed by atoms with Crippen molar-refractivity contribution >= 4 is 28.3 Å². The molecule has 5 aromatic rings. The van der Waals surface area contributed by atoms with Crippen LogP contribution in [0.1, 0.15) is 25.0 Å². The molecule has 2 aromatic carbocycles. The number of likely N-dealkylation sites (N-methyl/N-ethyl adjacent to an activating group) is 1. The van der Waals surface area contributed by atoms with Crippen molar-refractivity contribution in [2.75, 3.05) is 36.9 Å². The van der Waals surface area contributed by atoms with E-state index in [9.17, 15) is 4.79 Å². The first-order chi connectivity index (χ1) is 20.8. The molecule has 0 aliphatic carbocycles. The molecule has 0 spiro atoms. The average molecular weight is 574 g/mol. The number of piperazine rings is 1. The lowest BCUT2D eigenvalue weighted by molar-refractivity contribution is -0.111. The molecule has 43 heavy (non-hydrogen) atoms. The van der Waals surface area contributed by atoms with Crippen LogP contribution in [0.3, 0.4) is 0 Å². The fourth-order valence-corrected chi connectivity index (χ4v) is 6.00. The first-order valence-electron chi connectivity index (χ1n) is 14.9. The zero-order chi connectivity index (χ0) is 30.2. The van der Waals surface area contributed by atoms with Gasteiger partial charge in [-0.15, -0.1) is 0 Å².